The number of hydrogen-bond acceptors (Lipinski definition) is 3. The summed E-state index contributed by atoms with van der Waals surface area (Å²) in [5, 5.41) is 11.2. The molecule has 2 rings (SSSR count). The van der Waals surface area contributed by atoms with Gasteiger partial charge in [0.05, 0.1) is 0 Å². The number of hydrogen-bond donors (Lipinski definition) is 2. The van der Waals surface area contributed by atoms with Crippen molar-refractivity contribution in [2.24, 2.45) is 5.92 Å². The molecule has 0 unspecified atom stereocenters. The summed E-state index contributed by atoms with van der Waals surface area (Å²) in [6, 6.07) is 5.28. The first-order chi connectivity index (χ1) is 11.5. The quantitative estimate of drug-likeness (QED) is 0.616. The lowest BCUT2D eigenvalue weighted by Crippen LogP contribution is -2.45. The minimum absolute atomic E-state index is 0.0171. The van der Waals surface area contributed by atoms with Crippen LogP contribution in [0.3, 0.4) is 0 Å². The lowest BCUT2D eigenvalue weighted by Gasteiger charge is -2.31. The van der Waals surface area contributed by atoms with Crippen molar-refractivity contribution >= 4 is 17.8 Å². The lowest BCUT2D eigenvalue weighted by atomic mass is 9.89. The largest absolute Gasteiger partial charge is 0.481 e. The highest BCUT2D eigenvalue weighted by molar-refractivity contribution is 5.98. The molecule has 0 aliphatic carbocycles. The number of nitrogens with one attached hydrogen (secondary N) is 1. The fourth-order valence-corrected chi connectivity index (χ4v) is 2.74. The Hall–Kier alpha value is -2.44. The van der Waals surface area contributed by atoms with Gasteiger partial charge < -0.3 is 15.3 Å². The van der Waals surface area contributed by atoms with Gasteiger partial charge in [-0.2, -0.15) is 0 Å². The molecule has 0 atom stereocenters. The van der Waals surface area contributed by atoms with Crippen LogP contribution in [0, 0.1) is 11.7 Å². The van der Waals surface area contributed by atoms with Crippen molar-refractivity contribution in [1.82, 2.24) is 10.2 Å². The van der Waals surface area contributed by atoms with Crippen LogP contribution < -0.4 is 5.32 Å². The zero-order valence-corrected chi connectivity index (χ0v) is 13.3. The first-order valence-corrected chi connectivity index (χ1v) is 8.01. The van der Waals surface area contributed by atoms with Crippen molar-refractivity contribution in [2.75, 3.05) is 19.6 Å². The monoisotopic (exact) mass is 336 g/mol. The molecular formula is C17H21FN2O4. The van der Waals surface area contributed by atoms with Crippen LogP contribution >= 0.6 is 0 Å². The number of ketones is 1. The summed E-state index contributed by atoms with van der Waals surface area (Å²) in [4.78, 5) is 36.4. The number of carboxylic acid groups (broad SMARTS) is 1. The number of amides is 2. The average molecular weight is 336 g/mol. The average Bonchev–Trinajstić information content (AvgIpc) is 2.58. The fraction of sp³-hybridized carbons (Fsp3) is 0.471. The van der Waals surface area contributed by atoms with Crippen LogP contribution in [0.15, 0.2) is 24.3 Å². The van der Waals surface area contributed by atoms with Gasteiger partial charge in [-0.3, -0.25) is 9.59 Å². The highest BCUT2D eigenvalue weighted by Gasteiger charge is 2.27. The van der Waals surface area contributed by atoms with E-state index >= 15 is 0 Å². The van der Waals surface area contributed by atoms with Gasteiger partial charge in [0, 0.05) is 37.5 Å². The number of nitrogens with zero attached hydrogens (tertiary/aromatic N) is 1. The number of carbonyl (C=O) groups excluding carboxylic acids is 2. The van der Waals surface area contributed by atoms with Crippen LogP contribution in [0.4, 0.5) is 9.18 Å². The van der Waals surface area contributed by atoms with Gasteiger partial charge in [0.1, 0.15) is 5.82 Å². The van der Waals surface area contributed by atoms with E-state index in [0.29, 0.717) is 44.5 Å². The Morgan fingerprint density at radius 2 is 1.79 bits per heavy atom. The van der Waals surface area contributed by atoms with Gasteiger partial charge in [-0.1, -0.05) is 0 Å². The first kappa shape index (κ1) is 17.9. The highest BCUT2D eigenvalue weighted by atomic mass is 19.1. The number of likely N-dealkylation sites (tertiary alicyclic amines) is 1. The molecule has 1 aromatic carbocycles. The number of Topliss-reactive ketones (excluding diaryl/α,β-unsaturated/α-hetero) is 1. The summed E-state index contributed by atoms with van der Waals surface area (Å²) in [5.41, 5.74) is 0.493. The molecule has 24 heavy (non-hydrogen) atoms. The van der Waals surface area contributed by atoms with E-state index in [2.05, 4.69) is 5.32 Å². The van der Waals surface area contributed by atoms with E-state index in [0.717, 1.165) is 0 Å². The van der Waals surface area contributed by atoms with Crippen LogP contribution in [-0.2, 0) is 4.79 Å². The molecule has 1 aromatic rings. The van der Waals surface area contributed by atoms with E-state index in [4.69, 9.17) is 5.11 Å². The maximum atomic E-state index is 12.9. The summed E-state index contributed by atoms with van der Waals surface area (Å²) in [5.74, 6) is -1.44. The summed E-state index contributed by atoms with van der Waals surface area (Å²) >= 11 is 0. The van der Waals surface area contributed by atoms with Crippen molar-refractivity contribution in [1.29, 1.82) is 0 Å². The van der Waals surface area contributed by atoms with Crippen molar-refractivity contribution < 1.29 is 23.9 Å². The molecule has 0 spiro atoms. The minimum atomic E-state index is -0.885. The second kappa shape index (κ2) is 8.42. The van der Waals surface area contributed by atoms with Crippen LogP contribution in [0.25, 0.3) is 0 Å². The molecule has 2 amide bonds. The van der Waals surface area contributed by atoms with E-state index < -0.39 is 5.97 Å². The Labute approximate surface area is 139 Å². The molecule has 0 saturated carbocycles. The lowest BCUT2D eigenvalue weighted by molar-refractivity contribution is -0.137. The number of aliphatic carboxylic acids is 1. The molecular weight excluding hydrogens is 315 g/mol. The Kier molecular flexibility index (Phi) is 6.28. The normalized spacial score (nSPS) is 15.1. The van der Waals surface area contributed by atoms with Gasteiger partial charge in [0.25, 0.3) is 0 Å². The van der Waals surface area contributed by atoms with Gasteiger partial charge >= 0.3 is 12.0 Å². The number of rotatable bonds is 6. The maximum Gasteiger partial charge on any atom is 0.317 e. The summed E-state index contributed by atoms with van der Waals surface area (Å²) in [6.45, 7) is 1.27. The third-order valence-electron chi connectivity index (χ3n) is 4.13. The fourth-order valence-electron chi connectivity index (χ4n) is 2.74. The maximum absolute atomic E-state index is 12.9. The molecule has 6 nitrogen and oxygen atoms in total. The molecule has 130 valence electrons. The minimum Gasteiger partial charge on any atom is -0.481 e. The number of halogens is 1. The third-order valence-corrected chi connectivity index (χ3v) is 4.13. The Morgan fingerprint density at radius 3 is 2.38 bits per heavy atom. The number of urea groups is 1. The second-order valence-electron chi connectivity index (χ2n) is 5.86. The molecule has 1 saturated heterocycles. The first-order valence-electron chi connectivity index (χ1n) is 8.01. The number of carbonyl (C=O) groups is 3. The molecule has 0 bridgehead atoms. The molecule has 0 aromatic heterocycles. The molecule has 1 aliphatic rings. The van der Waals surface area contributed by atoms with E-state index in [-0.39, 0.29) is 30.0 Å². The highest BCUT2D eigenvalue weighted by Crippen LogP contribution is 2.22. The van der Waals surface area contributed by atoms with Gasteiger partial charge in [0.15, 0.2) is 5.78 Å². The van der Waals surface area contributed by atoms with Crippen molar-refractivity contribution in [2.45, 2.75) is 25.7 Å². The number of carboxylic acids is 1. The second-order valence-corrected chi connectivity index (χ2v) is 5.86. The summed E-state index contributed by atoms with van der Waals surface area (Å²) in [6.07, 6.45) is 1.55. The number of benzene rings is 1. The molecule has 1 aliphatic heterocycles. The summed E-state index contributed by atoms with van der Waals surface area (Å²) in [7, 11) is 0. The summed E-state index contributed by atoms with van der Waals surface area (Å²) < 4.78 is 12.9. The van der Waals surface area contributed by atoms with Gasteiger partial charge in [-0.25, -0.2) is 9.18 Å². The Bertz CT molecular complexity index is 595. The number of piperidine rings is 1. The van der Waals surface area contributed by atoms with Crippen LogP contribution in [0.5, 0.6) is 0 Å². The molecule has 1 fully saturated rings. The zero-order chi connectivity index (χ0) is 17.5. The van der Waals surface area contributed by atoms with Gasteiger partial charge in [-0.05, 0) is 43.5 Å². The van der Waals surface area contributed by atoms with Crippen molar-refractivity contribution in [3.05, 3.63) is 35.6 Å². The Balaban J connectivity index is 1.76. The third kappa shape index (κ3) is 5.04. The molecule has 2 N–H and O–H groups in total. The predicted molar refractivity (Wildman–Crippen MR) is 85.3 cm³/mol. The van der Waals surface area contributed by atoms with E-state index in [9.17, 15) is 18.8 Å². The SMILES string of the molecule is O=C(O)CCCNC(=O)N1CCC(C(=O)c2ccc(F)cc2)CC1. The van der Waals surface area contributed by atoms with Crippen molar-refractivity contribution in [3.8, 4) is 0 Å². The standard InChI is InChI=1S/C17H21FN2O4/c18-14-5-3-12(4-6-14)16(23)13-7-10-20(11-8-13)17(24)19-9-1-2-15(21)22/h3-6,13H,1-2,7-11H2,(H,19,24)(H,21,22). The molecule has 1 heterocycles. The van der Waals surface area contributed by atoms with E-state index in [1.165, 1.54) is 24.3 Å². The van der Waals surface area contributed by atoms with Crippen molar-refractivity contribution in [3.63, 3.8) is 0 Å². The van der Waals surface area contributed by atoms with Crippen LogP contribution in [0.1, 0.15) is 36.0 Å². The molecule has 7 heteroatoms. The van der Waals surface area contributed by atoms with E-state index in [1.54, 1.807) is 4.90 Å². The smallest absolute Gasteiger partial charge is 0.317 e. The van der Waals surface area contributed by atoms with Crippen LogP contribution in [-0.4, -0.2) is 47.4 Å². The van der Waals surface area contributed by atoms with E-state index in [1.807, 2.05) is 0 Å². The molecule has 0 radical (unpaired) electrons. The predicted octanol–water partition coefficient (Wildman–Crippen LogP) is 2.29. The van der Waals surface area contributed by atoms with Crippen LogP contribution in [0.2, 0.25) is 0 Å². The van der Waals surface area contributed by atoms with Gasteiger partial charge in [-0.15, -0.1) is 0 Å². The van der Waals surface area contributed by atoms with Gasteiger partial charge in [0.2, 0.25) is 0 Å². The zero-order valence-electron chi connectivity index (χ0n) is 13.3. The topological polar surface area (TPSA) is 86.7 Å². The Morgan fingerprint density at radius 1 is 1.17 bits per heavy atom.